The highest BCUT2D eigenvalue weighted by molar-refractivity contribution is 6.36. The van der Waals surface area contributed by atoms with Crippen LogP contribution in [0.25, 0.3) is 0 Å². The van der Waals surface area contributed by atoms with Gasteiger partial charge in [0.1, 0.15) is 5.41 Å². The lowest BCUT2D eigenvalue weighted by Crippen LogP contribution is -2.45. The van der Waals surface area contributed by atoms with Gasteiger partial charge in [-0.25, -0.2) is 0 Å². The number of carbonyl (C=O) groups is 2. The number of halogens is 2. The zero-order valence-corrected chi connectivity index (χ0v) is 15.6. The van der Waals surface area contributed by atoms with Crippen molar-refractivity contribution < 1.29 is 9.59 Å². The van der Waals surface area contributed by atoms with Gasteiger partial charge in [0.05, 0.1) is 10.7 Å². The van der Waals surface area contributed by atoms with E-state index in [2.05, 4.69) is 11.4 Å². The van der Waals surface area contributed by atoms with Crippen molar-refractivity contribution in [3.63, 3.8) is 0 Å². The fourth-order valence-electron chi connectivity index (χ4n) is 3.47. The maximum absolute atomic E-state index is 13.1. The molecule has 0 atom stereocenters. The van der Waals surface area contributed by atoms with E-state index in [0.717, 1.165) is 12.0 Å². The number of carbonyl (C=O) groups excluding carboxylic acids is 2. The largest absolute Gasteiger partial charge is 0.337 e. The maximum atomic E-state index is 13.1. The molecule has 1 heterocycles. The highest BCUT2D eigenvalue weighted by Crippen LogP contribution is 2.49. The molecule has 6 heteroatoms. The minimum atomic E-state index is -0.974. The van der Waals surface area contributed by atoms with Crippen molar-refractivity contribution >= 4 is 40.7 Å². The van der Waals surface area contributed by atoms with E-state index in [9.17, 15) is 9.59 Å². The Hall–Kier alpha value is -2.04. The lowest BCUT2D eigenvalue weighted by Gasteiger charge is -2.31. The van der Waals surface area contributed by atoms with Crippen LogP contribution in [0.5, 0.6) is 0 Å². The predicted octanol–water partition coefficient (Wildman–Crippen LogP) is 4.30. The molecule has 1 aliphatic carbocycles. The monoisotopic (exact) mass is 388 g/mol. The molecule has 4 nitrogen and oxygen atoms in total. The van der Waals surface area contributed by atoms with Crippen molar-refractivity contribution in [3.8, 4) is 0 Å². The van der Waals surface area contributed by atoms with Crippen molar-refractivity contribution in [3.05, 3.63) is 63.6 Å². The maximum Gasteiger partial charge on any atom is 0.240 e. The first-order valence-electron chi connectivity index (χ1n) is 8.62. The first-order valence-corrected chi connectivity index (χ1v) is 9.38. The van der Waals surface area contributed by atoms with Gasteiger partial charge in [0, 0.05) is 18.1 Å². The molecule has 0 unspecified atom stereocenters. The topological polar surface area (TPSA) is 49.4 Å². The number of hydrogen-bond acceptors (Lipinski definition) is 2. The lowest BCUT2D eigenvalue weighted by molar-refractivity contribution is -0.143. The van der Waals surface area contributed by atoms with Gasteiger partial charge >= 0.3 is 0 Å². The minimum absolute atomic E-state index is 0.0948. The summed E-state index contributed by atoms with van der Waals surface area (Å²) < 4.78 is 0. The number of hydrogen-bond donors (Lipinski definition) is 1. The molecule has 1 N–H and O–H groups in total. The molecule has 2 amide bonds. The second kappa shape index (κ2) is 6.60. The number of fused-ring (bicyclic) bond motifs is 1. The van der Waals surface area contributed by atoms with Crippen LogP contribution >= 0.6 is 23.2 Å². The van der Waals surface area contributed by atoms with E-state index in [0.29, 0.717) is 41.7 Å². The fraction of sp³-hybridized carbons (Fsp3) is 0.300. The van der Waals surface area contributed by atoms with Crippen molar-refractivity contribution in [2.45, 2.75) is 25.8 Å². The van der Waals surface area contributed by atoms with E-state index < -0.39 is 5.41 Å². The number of amides is 2. The lowest BCUT2D eigenvalue weighted by atomic mass is 9.97. The van der Waals surface area contributed by atoms with Crippen molar-refractivity contribution in [2.24, 2.45) is 5.41 Å². The Kier molecular flexibility index (Phi) is 4.41. The van der Waals surface area contributed by atoms with Crippen molar-refractivity contribution in [1.82, 2.24) is 4.90 Å². The van der Waals surface area contributed by atoms with Crippen molar-refractivity contribution in [1.29, 1.82) is 0 Å². The quantitative estimate of drug-likeness (QED) is 0.796. The molecular weight excluding hydrogens is 371 g/mol. The molecule has 0 spiro atoms. The van der Waals surface area contributed by atoms with Gasteiger partial charge in [-0.3, -0.25) is 9.59 Å². The third-order valence-corrected chi connectivity index (χ3v) is 5.75. The van der Waals surface area contributed by atoms with Crippen LogP contribution in [-0.2, 0) is 22.6 Å². The van der Waals surface area contributed by atoms with E-state index >= 15 is 0 Å². The predicted molar refractivity (Wildman–Crippen MR) is 102 cm³/mol. The molecule has 2 aromatic carbocycles. The van der Waals surface area contributed by atoms with E-state index in [1.807, 2.05) is 18.2 Å². The molecule has 26 heavy (non-hydrogen) atoms. The molecule has 1 fully saturated rings. The number of benzene rings is 2. The van der Waals surface area contributed by atoms with Gasteiger partial charge in [0.25, 0.3) is 0 Å². The SMILES string of the molecule is O=C(Nc1cc(Cl)ccc1Cl)C1(C(=O)N2CCc3ccccc3C2)CC1. The average molecular weight is 389 g/mol. The van der Waals surface area contributed by atoms with Gasteiger partial charge in [-0.2, -0.15) is 0 Å². The van der Waals surface area contributed by atoms with Gasteiger partial charge in [-0.1, -0.05) is 47.5 Å². The van der Waals surface area contributed by atoms with Crippen LogP contribution < -0.4 is 5.32 Å². The Balaban J connectivity index is 1.51. The van der Waals surface area contributed by atoms with E-state index in [1.54, 1.807) is 23.1 Å². The summed E-state index contributed by atoms with van der Waals surface area (Å²) in [6.45, 7) is 1.20. The van der Waals surface area contributed by atoms with Crippen LogP contribution in [0, 0.1) is 5.41 Å². The molecule has 2 aliphatic rings. The molecule has 1 saturated carbocycles. The molecule has 0 aromatic heterocycles. The molecule has 0 radical (unpaired) electrons. The third kappa shape index (κ3) is 3.08. The Morgan fingerprint density at radius 2 is 1.77 bits per heavy atom. The van der Waals surface area contributed by atoms with Crippen LogP contribution in [-0.4, -0.2) is 23.3 Å². The number of anilines is 1. The zero-order chi connectivity index (χ0) is 18.3. The smallest absolute Gasteiger partial charge is 0.240 e. The summed E-state index contributed by atoms with van der Waals surface area (Å²) >= 11 is 12.1. The van der Waals surface area contributed by atoms with Crippen LogP contribution in [0.3, 0.4) is 0 Å². The van der Waals surface area contributed by atoms with Gasteiger partial charge in [-0.05, 0) is 48.6 Å². The average Bonchev–Trinajstić information content (AvgIpc) is 3.46. The Morgan fingerprint density at radius 3 is 2.50 bits per heavy atom. The summed E-state index contributed by atoms with van der Waals surface area (Å²) in [5.41, 5.74) is 1.89. The standard InChI is InChI=1S/C20H18Cl2N2O2/c21-15-5-6-16(22)17(11-15)23-18(25)20(8-9-20)19(26)24-10-7-13-3-1-2-4-14(13)12-24/h1-6,11H,7-10,12H2,(H,23,25). The highest BCUT2D eigenvalue weighted by atomic mass is 35.5. The summed E-state index contributed by atoms with van der Waals surface area (Å²) in [6, 6.07) is 13.0. The Labute approximate surface area is 162 Å². The van der Waals surface area contributed by atoms with Crippen LogP contribution in [0.2, 0.25) is 10.0 Å². The van der Waals surface area contributed by atoms with Gasteiger partial charge < -0.3 is 10.2 Å². The normalized spacial score (nSPS) is 17.4. The second-order valence-corrected chi connectivity index (χ2v) is 7.75. The molecule has 134 valence electrons. The first-order chi connectivity index (χ1) is 12.5. The molecule has 0 saturated heterocycles. The van der Waals surface area contributed by atoms with Crippen LogP contribution in [0.1, 0.15) is 24.0 Å². The van der Waals surface area contributed by atoms with Gasteiger partial charge in [0.15, 0.2) is 0 Å². The number of rotatable bonds is 3. The number of nitrogens with zero attached hydrogens (tertiary/aromatic N) is 1. The van der Waals surface area contributed by atoms with Crippen LogP contribution in [0.4, 0.5) is 5.69 Å². The molecule has 0 bridgehead atoms. The molecular formula is C20H18Cl2N2O2. The van der Waals surface area contributed by atoms with E-state index in [-0.39, 0.29) is 11.8 Å². The minimum Gasteiger partial charge on any atom is -0.337 e. The summed E-state index contributed by atoms with van der Waals surface area (Å²) in [5, 5.41) is 3.67. The summed E-state index contributed by atoms with van der Waals surface area (Å²) in [5.74, 6) is -0.395. The molecule has 2 aromatic rings. The van der Waals surface area contributed by atoms with E-state index in [4.69, 9.17) is 23.2 Å². The van der Waals surface area contributed by atoms with E-state index in [1.165, 1.54) is 5.56 Å². The van der Waals surface area contributed by atoms with Crippen molar-refractivity contribution in [2.75, 3.05) is 11.9 Å². The molecule has 4 rings (SSSR count). The third-order valence-electron chi connectivity index (χ3n) is 5.19. The fourth-order valence-corrected chi connectivity index (χ4v) is 3.81. The zero-order valence-electron chi connectivity index (χ0n) is 14.1. The Bertz CT molecular complexity index is 893. The first kappa shape index (κ1) is 17.4. The summed E-state index contributed by atoms with van der Waals surface area (Å²) in [7, 11) is 0. The second-order valence-electron chi connectivity index (χ2n) is 6.91. The van der Waals surface area contributed by atoms with Crippen LogP contribution in [0.15, 0.2) is 42.5 Å². The summed E-state index contributed by atoms with van der Waals surface area (Å²) in [4.78, 5) is 27.7. The highest BCUT2D eigenvalue weighted by Gasteiger charge is 2.58. The summed E-state index contributed by atoms with van der Waals surface area (Å²) in [6.07, 6.45) is 1.95. The number of nitrogens with one attached hydrogen (secondary N) is 1. The Morgan fingerprint density at radius 1 is 1.04 bits per heavy atom. The van der Waals surface area contributed by atoms with Gasteiger partial charge in [0.2, 0.25) is 11.8 Å². The van der Waals surface area contributed by atoms with Gasteiger partial charge in [-0.15, -0.1) is 0 Å². The molecule has 1 aliphatic heterocycles.